The fourth-order valence-corrected chi connectivity index (χ4v) is 9.17. The number of nitrogens with zero attached hydrogens (tertiary/aromatic N) is 3. The van der Waals surface area contributed by atoms with Crippen LogP contribution in [0.4, 0.5) is 5.69 Å². The first-order valence-electron chi connectivity index (χ1n) is 14.1. The number of amides is 1. The van der Waals surface area contributed by atoms with Crippen molar-refractivity contribution in [3.63, 3.8) is 0 Å². The molecule has 0 aromatic heterocycles. The fraction of sp³-hybridized carbons (Fsp3) is 0.536. The first kappa shape index (κ1) is 34.1. The van der Waals surface area contributed by atoms with Gasteiger partial charge in [0.1, 0.15) is 0 Å². The van der Waals surface area contributed by atoms with Crippen LogP contribution >= 0.6 is 23.2 Å². The maximum absolute atomic E-state index is 13.7. The molecule has 1 amide bonds. The van der Waals surface area contributed by atoms with E-state index in [0.29, 0.717) is 87.1 Å². The Hall–Kier alpha value is -1.74. The minimum atomic E-state index is -3.60. The third kappa shape index (κ3) is 8.50. The molecule has 238 valence electrons. The van der Waals surface area contributed by atoms with Gasteiger partial charge in [-0.15, -0.1) is 0 Å². The van der Waals surface area contributed by atoms with E-state index in [0.717, 1.165) is 6.26 Å². The Morgan fingerprint density at radius 3 is 1.93 bits per heavy atom. The van der Waals surface area contributed by atoms with Crippen molar-refractivity contribution >= 4 is 64.5 Å². The molecule has 2 heterocycles. The van der Waals surface area contributed by atoms with E-state index in [2.05, 4.69) is 4.90 Å². The minimum absolute atomic E-state index is 0.0778. The third-order valence-electron chi connectivity index (χ3n) is 8.16. The second kappa shape index (κ2) is 13.7. The number of sulfone groups is 2. The Morgan fingerprint density at radius 1 is 0.814 bits per heavy atom. The largest absolute Gasteiger partial charge is 0.312 e. The molecule has 0 saturated carbocycles. The van der Waals surface area contributed by atoms with E-state index in [4.69, 9.17) is 23.2 Å². The molecule has 15 heteroatoms. The van der Waals surface area contributed by atoms with Crippen LogP contribution in [0, 0.1) is 5.92 Å². The molecule has 0 bridgehead atoms. The monoisotopic (exact) mass is 693 g/mol. The summed E-state index contributed by atoms with van der Waals surface area (Å²) in [7, 11) is -10.3. The van der Waals surface area contributed by atoms with E-state index in [1.165, 1.54) is 34.8 Å². The summed E-state index contributed by atoms with van der Waals surface area (Å²) in [6, 6.07) is 10.4. The molecule has 0 radical (unpaired) electrons. The Bertz CT molecular complexity index is 1630. The summed E-state index contributed by atoms with van der Waals surface area (Å²) in [5.41, 5.74) is 0.622. The van der Waals surface area contributed by atoms with Crippen LogP contribution in [-0.4, -0.2) is 97.4 Å². The predicted molar refractivity (Wildman–Crippen MR) is 169 cm³/mol. The Labute approximate surface area is 264 Å². The number of hydrogen-bond donors (Lipinski definition) is 0. The zero-order chi connectivity index (χ0) is 31.6. The molecular formula is C28H37Cl2N3O7S3. The molecule has 0 aliphatic carbocycles. The quantitative estimate of drug-likeness (QED) is 0.368. The molecule has 2 aliphatic rings. The van der Waals surface area contributed by atoms with Gasteiger partial charge < -0.3 is 9.80 Å². The van der Waals surface area contributed by atoms with Gasteiger partial charge in [0.15, 0.2) is 19.7 Å². The molecule has 2 aromatic carbocycles. The van der Waals surface area contributed by atoms with Gasteiger partial charge in [-0.25, -0.2) is 29.6 Å². The highest BCUT2D eigenvalue weighted by Gasteiger charge is 2.33. The zero-order valence-electron chi connectivity index (χ0n) is 24.2. The number of benzene rings is 2. The van der Waals surface area contributed by atoms with Crippen molar-refractivity contribution < 1.29 is 30.0 Å². The smallest absolute Gasteiger partial charge is 0.230 e. The van der Waals surface area contributed by atoms with Crippen LogP contribution in [0.3, 0.4) is 0 Å². The molecule has 10 nitrogen and oxygen atoms in total. The maximum Gasteiger partial charge on any atom is 0.230 e. The van der Waals surface area contributed by atoms with Gasteiger partial charge in [-0.1, -0.05) is 23.2 Å². The Balaban J connectivity index is 1.36. The first-order chi connectivity index (χ1) is 20.1. The highest BCUT2D eigenvalue weighted by atomic mass is 35.5. The predicted octanol–water partition coefficient (Wildman–Crippen LogP) is 3.73. The van der Waals surface area contributed by atoms with Crippen LogP contribution in [0.25, 0.3) is 0 Å². The van der Waals surface area contributed by atoms with Crippen molar-refractivity contribution in [1.29, 1.82) is 0 Å². The van der Waals surface area contributed by atoms with Crippen molar-refractivity contribution in [3.05, 3.63) is 52.5 Å². The minimum Gasteiger partial charge on any atom is -0.312 e. The van der Waals surface area contributed by atoms with Gasteiger partial charge in [-0.3, -0.25) is 4.79 Å². The summed E-state index contributed by atoms with van der Waals surface area (Å²) in [5.74, 6) is -0.405. The van der Waals surface area contributed by atoms with E-state index < -0.39 is 34.9 Å². The number of rotatable bonds is 10. The van der Waals surface area contributed by atoms with E-state index in [1.54, 1.807) is 23.1 Å². The molecule has 0 atom stereocenters. The van der Waals surface area contributed by atoms with Crippen LogP contribution in [0.2, 0.25) is 10.0 Å². The van der Waals surface area contributed by atoms with Gasteiger partial charge in [-0.2, -0.15) is 0 Å². The SMILES string of the molecule is CS(=O)(=O)c1ccc(S(=O)(=O)C2CCN(CCCN(C(=O)C3CCN(S(C)(=O)=O)CC3)c3ccc(Cl)c(Cl)c3)CC2)cc1. The average Bonchev–Trinajstić information content (AvgIpc) is 2.96. The normalized spacial score (nSPS) is 18.5. The van der Waals surface area contributed by atoms with Crippen molar-refractivity contribution in [2.75, 3.05) is 56.7 Å². The van der Waals surface area contributed by atoms with Gasteiger partial charge in [0.2, 0.25) is 15.9 Å². The summed E-state index contributed by atoms with van der Waals surface area (Å²) in [4.78, 5) is 17.7. The number of likely N-dealkylation sites (tertiary alicyclic amines) is 1. The first-order valence-corrected chi connectivity index (χ1v) is 20.1. The van der Waals surface area contributed by atoms with E-state index >= 15 is 0 Å². The van der Waals surface area contributed by atoms with Crippen LogP contribution < -0.4 is 4.90 Å². The molecular weight excluding hydrogens is 657 g/mol. The number of anilines is 1. The van der Waals surface area contributed by atoms with Gasteiger partial charge in [0, 0.05) is 37.5 Å². The van der Waals surface area contributed by atoms with Crippen LogP contribution in [0.1, 0.15) is 32.1 Å². The molecule has 43 heavy (non-hydrogen) atoms. The lowest BCUT2D eigenvalue weighted by Gasteiger charge is -2.34. The number of carbonyl (C=O) groups is 1. The Kier molecular flexibility index (Phi) is 10.9. The summed E-state index contributed by atoms with van der Waals surface area (Å²) >= 11 is 12.4. The molecule has 2 aliphatic heterocycles. The molecule has 4 rings (SSSR count). The number of carbonyl (C=O) groups excluding carboxylic acids is 1. The maximum atomic E-state index is 13.7. The summed E-state index contributed by atoms with van der Waals surface area (Å²) in [6.07, 6.45) is 4.66. The van der Waals surface area contributed by atoms with Gasteiger partial charge in [0.05, 0.1) is 31.3 Å². The highest BCUT2D eigenvalue weighted by Crippen LogP contribution is 2.31. The van der Waals surface area contributed by atoms with Crippen LogP contribution in [-0.2, 0) is 34.5 Å². The third-order valence-corrected chi connectivity index (χ3v) is 13.6. The standard InChI is InChI=1S/C28H37Cl2N3O7S3/c1-41(35,36)23-5-7-24(8-6-23)43(39,40)25-12-16-31(17-13-25)14-3-15-33(22-4-9-26(29)27(30)20-22)28(34)21-10-18-32(19-11-21)42(2,37)38/h4-9,20-21,25H,3,10-19H2,1-2H3. The lowest BCUT2D eigenvalue weighted by atomic mass is 9.96. The second-order valence-corrected chi connectivity index (χ2v) is 18.2. The number of hydrogen-bond acceptors (Lipinski definition) is 8. The second-order valence-electron chi connectivity index (χ2n) is 11.2. The lowest BCUT2D eigenvalue weighted by molar-refractivity contribution is -0.123. The molecule has 2 aromatic rings. The van der Waals surface area contributed by atoms with E-state index in [9.17, 15) is 30.0 Å². The van der Waals surface area contributed by atoms with Crippen molar-refractivity contribution in [3.8, 4) is 0 Å². The molecule has 0 N–H and O–H groups in total. The Morgan fingerprint density at radius 2 is 1.40 bits per heavy atom. The van der Waals surface area contributed by atoms with Gasteiger partial charge in [0.25, 0.3) is 0 Å². The fourth-order valence-electron chi connectivity index (χ4n) is 5.64. The summed E-state index contributed by atoms with van der Waals surface area (Å²) in [5, 5.41) is 0.154. The molecule has 0 spiro atoms. The number of piperidine rings is 2. The van der Waals surface area contributed by atoms with Crippen molar-refractivity contribution in [1.82, 2.24) is 9.21 Å². The number of sulfonamides is 1. The zero-order valence-corrected chi connectivity index (χ0v) is 28.1. The number of halogens is 2. The molecule has 2 saturated heterocycles. The van der Waals surface area contributed by atoms with Gasteiger partial charge in [-0.05, 0) is 94.2 Å². The average molecular weight is 695 g/mol. The molecule has 2 fully saturated rings. The summed E-state index contributed by atoms with van der Waals surface area (Å²) < 4.78 is 75.1. The van der Waals surface area contributed by atoms with Crippen LogP contribution in [0.15, 0.2) is 52.3 Å². The highest BCUT2D eigenvalue weighted by molar-refractivity contribution is 7.92. The van der Waals surface area contributed by atoms with E-state index in [-0.39, 0.29) is 21.6 Å². The molecule has 0 unspecified atom stereocenters. The van der Waals surface area contributed by atoms with Gasteiger partial charge >= 0.3 is 0 Å². The summed E-state index contributed by atoms with van der Waals surface area (Å²) in [6.45, 7) is 2.82. The van der Waals surface area contributed by atoms with Crippen LogP contribution in [0.5, 0.6) is 0 Å². The van der Waals surface area contributed by atoms with E-state index in [1.807, 2.05) is 0 Å². The topological polar surface area (TPSA) is 129 Å². The lowest BCUT2D eigenvalue weighted by Crippen LogP contribution is -2.45. The van der Waals surface area contributed by atoms with Crippen molar-refractivity contribution in [2.45, 2.75) is 47.1 Å². The van der Waals surface area contributed by atoms with Crippen molar-refractivity contribution in [2.24, 2.45) is 5.92 Å².